The van der Waals surface area contributed by atoms with E-state index in [0.29, 0.717) is 10.8 Å². The van der Waals surface area contributed by atoms with Crippen LogP contribution in [-0.4, -0.2) is 25.7 Å². The summed E-state index contributed by atoms with van der Waals surface area (Å²) in [5.41, 5.74) is 1.98. The number of amides is 1. The number of benzene rings is 1. The van der Waals surface area contributed by atoms with Crippen LogP contribution in [0.25, 0.3) is 0 Å². The van der Waals surface area contributed by atoms with E-state index >= 15 is 0 Å². The van der Waals surface area contributed by atoms with Gasteiger partial charge in [-0.05, 0) is 12.1 Å². The number of nitrogens with one attached hydrogen (secondary N) is 1. The van der Waals surface area contributed by atoms with E-state index < -0.39 is 12.0 Å². The summed E-state index contributed by atoms with van der Waals surface area (Å²) in [5.74, 6) is 4.82. The number of carbonyl (C=O) groups excluding carboxylic acids is 1. The summed E-state index contributed by atoms with van der Waals surface area (Å²) >= 11 is 11.7. The molecule has 0 spiro atoms. The van der Waals surface area contributed by atoms with Crippen molar-refractivity contribution in [2.75, 3.05) is 13.7 Å². The third-order valence-corrected chi connectivity index (χ3v) is 2.74. The Kier molecular flexibility index (Phi) is 5.50. The van der Waals surface area contributed by atoms with Crippen molar-refractivity contribution in [1.82, 2.24) is 5.43 Å². The van der Waals surface area contributed by atoms with Crippen LogP contribution in [0.15, 0.2) is 18.2 Å². The summed E-state index contributed by atoms with van der Waals surface area (Å²) in [7, 11) is 1.44. The Morgan fingerprint density at radius 2 is 2.24 bits per heavy atom. The second kappa shape index (κ2) is 6.66. The maximum absolute atomic E-state index is 11.4. The van der Waals surface area contributed by atoms with Crippen molar-refractivity contribution in [1.29, 1.82) is 0 Å². The molecular weight excluding hydrogens is 267 g/mol. The first kappa shape index (κ1) is 14.1. The Hall–Kier alpha value is -1.01. The van der Waals surface area contributed by atoms with Gasteiger partial charge in [0.25, 0.3) is 5.91 Å². The van der Waals surface area contributed by atoms with Crippen LogP contribution in [0.2, 0.25) is 10.0 Å². The second-order valence-corrected chi connectivity index (χ2v) is 3.91. The second-order valence-electron chi connectivity index (χ2n) is 3.12. The van der Waals surface area contributed by atoms with Gasteiger partial charge in [0.2, 0.25) is 6.10 Å². The lowest BCUT2D eigenvalue weighted by molar-refractivity contribution is -0.130. The minimum atomic E-state index is -0.888. The van der Waals surface area contributed by atoms with Gasteiger partial charge in [-0.3, -0.25) is 10.2 Å². The lowest BCUT2D eigenvalue weighted by atomic mass is 10.3. The van der Waals surface area contributed by atoms with Gasteiger partial charge in [-0.25, -0.2) is 5.84 Å². The van der Waals surface area contributed by atoms with E-state index in [1.807, 2.05) is 5.43 Å². The quantitative estimate of drug-likeness (QED) is 0.485. The van der Waals surface area contributed by atoms with Crippen molar-refractivity contribution < 1.29 is 14.3 Å². The largest absolute Gasteiger partial charge is 0.476 e. The molecule has 1 rings (SSSR count). The molecule has 1 unspecified atom stereocenters. The van der Waals surface area contributed by atoms with Gasteiger partial charge in [0.15, 0.2) is 0 Å². The molecule has 1 aromatic carbocycles. The summed E-state index contributed by atoms with van der Waals surface area (Å²) < 4.78 is 10.2. The van der Waals surface area contributed by atoms with Gasteiger partial charge in [-0.1, -0.05) is 29.3 Å². The summed E-state index contributed by atoms with van der Waals surface area (Å²) in [6.45, 7) is 0.0475. The number of hydrogen-bond donors (Lipinski definition) is 2. The van der Waals surface area contributed by atoms with Gasteiger partial charge >= 0.3 is 0 Å². The molecule has 0 saturated carbocycles. The molecular formula is C10H12Cl2N2O3. The predicted molar refractivity (Wildman–Crippen MR) is 65.1 cm³/mol. The number of nitrogens with two attached hydrogens (primary N) is 1. The fourth-order valence-corrected chi connectivity index (χ4v) is 1.47. The van der Waals surface area contributed by atoms with Crippen molar-refractivity contribution in [3.05, 3.63) is 28.2 Å². The van der Waals surface area contributed by atoms with Crippen molar-refractivity contribution in [3.8, 4) is 5.75 Å². The smallest absolute Gasteiger partial charge is 0.277 e. The van der Waals surface area contributed by atoms with Crippen LogP contribution in [0.3, 0.4) is 0 Å². The van der Waals surface area contributed by atoms with Gasteiger partial charge in [0, 0.05) is 7.11 Å². The standard InChI is InChI=1S/C10H12Cl2N2O3/c1-16-5-8(10(15)14-13)17-7-4-2-3-6(11)9(7)12/h2-4,8H,5,13H2,1H3,(H,14,15). The first-order valence-corrected chi connectivity index (χ1v) is 5.45. The maximum Gasteiger partial charge on any atom is 0.277 e. The topological polar surface area (TPSA) is 73.6 Å². The molecule has 7 heteroatoms. The van der Waals surface area contributed by atoms with Crippen LogP contribution in [0.5, 0.6) is 5.75 Å². The van der Waals surface area contributed by atoms with Crippen LogP contribution in [0, 0.1) is 0 Å². The van der Waals surface area contributed by atoms with Crippen LogP contribution in [0.4, 0.5) is 0 Å². The third kappa shape index (κ3) is 3.74. The molecule has 0 aliphatic rings. The molecule has 94 valence electrons. The SMILES string of the molecule is COCC(Oc1cccc(Cl)c1Cl)C(=O)NN. The van der Waals surface area contributed by atoms with Crippen molar-refractivity contribution in [2.24, 2.45) is 5.84 Å². The van der Waals surface area contributed by atoms with Crippen LogP contribution in [-0.2, 0) is 9.53 Å². The number of ether oxygens (including phenoxy) is 2. The van der Waals surface area contributed by atoms with Gasteiger partial charge in [-0.2, -0.15) is 0 Å². The Morgan fingerprint density at radius 1 is 1.53 bits per heavy atom. The highest BCUT2D eigenvalue weighted by Crippen LogP contribution is 2.32. The molecule has 0 fully saturated rings. The molecule has 1 amide bonds. The molecule has 0 heterocycles. The van der Waals surface area contributed by atoms with Gasteiger partial charge in [-0.15, -0.1) is 0 Å². The van der Waals surface area contributed by atoms with E-state index in [1.165, 1.54) is 7.11 Å². The zero-order chi connectivity index (χ0) is 12.8. The summed E-state index contributed by atoms with van der Waals surface area (Å²) in [4.78, 5) is 11.4. The van der Waals surface area contributed by atoms with Crippen molar-refractivity contribution >= 4 is 29.1 Å². The Balaban J connectivity index is 2.85. The lowest BCUT2D eigenvalue weighted by Crippen LogP contribution is -2.44. The minimum absolute atomic E-state index is 0.0475. The average Bonchev–Trinajstić information content (AvgIpc) is 2.33. The van der Waals surface area contributed by atoms with Crippen molar-refractivity contribution in [2.45, 2.75) is 6.10 Å². The van der Waals surface area contributed by atoms with Crippen LogP contribution >= 0.6 is 23.2 Å². The average molecular weight is 279 g/mol. The molecule has 0 aliphatic carbocycles. The maximum atomic E-state index is 11.4. The zero-order valence-electron chi connectivity index (χ0n) is 9.07. The molecule has 1 aromatic rings. The highest BCUT2D eigenvalue weighted by molar-refractivity contribution is 6.42. The molecule has 3 N–H and O–H groups in total. The minimum Gasteiger partial charge on any atom is -0.476 e. The number of hydrazine groups is 1. The molecule has 0 saturated heterocycles. The van der Waals surface area contributed by atoms with E-state index in [2.05, 4.69) is 0 Å². The van der Waals surface area contributed by atoms with E-state index in [0.717, 1.165) is 0 Å². The molecule has 0 radical (unpaired) electrons. The van der Waals surface area contributed by atoms with E-state index in [9.17, 15) is 4.79 Å². The molecule has 0 aromatic heterocycles. The number of hydrogen-bond acceptors (Lipinski definition) is 4. The Morgan fingerprint density at radius 3 is 2.82 bits per heavy atom. The monoisotopic (exact) mass is 278 g/mol. The fourth-order valence-electron chi connectivity index (χ4n) is 1.14. The number of halogens is 2. The summed E-state index contributed by atoms with van der Waals surface area (Å²) in [5, 5.41) is 0.577. The summed E-state index contributed by atoms with van der Waals surface area (Å²) in [6, 6.07) is 4.87. The highest BCUT2D eigenvalue weighted by Gasteiger charge is 2.21. The predicted octanol–water partition coefficient (Wildman–Crippen LogP) is 1.38. The molecule has 1 atom stereocenters. The van der Waals surface area contributed by atoms with E-state index in [-0.39, 0.29) is 11.6 Å². The molecule has 0 bridgehead atoms. The molecule has 5 nitrogen and oxygen atoms in total. The number of carbonyl (C=O) groups is 1. The van der Waals surface area contributed by atoms with Gasteiger partial charge in [0.1, 0.15) is 10.8 Å². The van der Waals surface area contributed by atoms with Crippen LogP contribution < -0.4 is 16.0 Å². The number of rotatable bonds is 5. The normalized spacial score (nSPS) is 12.0. The first-order chi connectivity index (χ1) is 8.10. The lowest BCUT2D eigenvalue weighted by Gasteiger charge is -2.17. The Bertz CT molecular complexity index is 401. The number of methoxy groups -OCH3 is 1. The van der Waals surface area contributed by atoms with Crippen molar-refractivity contribution in [3.63, 3.8) is 0 Å². The highest BCUT2D eigenvalue weighted by atomic mass is 35.5. The third-order valence-electron chi connectivity index (χ3n) is 1.94. The van der Waals surface area contributed by atoms with E-state index in [4.69, 9.17) is 38.5 Å². The zero-order valence-corrected chi connectivity index (χ0v) is 10.6. The molecule has 17 heavy (non-hydrogen) atoms. The van der Waals surface area contributed by atoms with Gasteiger partial charge in [0.05, 0.1) is 11.6 Å². The molecule has 0 aliphatic heterocycles. The summed E-state index contributed by atoms with van der Waals surface area (Å²) in [6.07, 6.45) is -0.888. The Labute approximate surface area is 109 Å². The van der Waals surface area contributed by atoms with Crippen LogP contribution in [0.1, 0.15) is 0 Å². The first-order valence-electron chi connectivity index (χ1n) is 4.70. The van der Waals surface area contributed by atoms with Gasteiger partial charge < -0.3 is 9.47 Å². The fraction of sp³-hybridized carbons (Fsp3) is 0.300. The van der Waals surface area contributed by atoms with E-state index in [1.54, 1.807) is 18.2 Å².